The molecule has 0 bridgehead atoms. The van der Waals surface area contributed by atoms with E-state index in [-0.39, 0.29) is 17.9 Å². The summed E-state index contributed by atoms with van der Waals surface area (Å²) in [5, 5.41) is 2.90. The van der Waals surface area contributed by atoms with E-state index in [1.165, 1.54) is 0 Å². The molecule has 1 N–H and O–H groups in total. The first-order valence-electron chi connectivity index (χ1n) is 6.59. The third-order valence-corrected chi connectivity index (χ3v) is 3.66. The van der Waals surface area contributed by atoms with Crippen LogP contribution in [-0.4, -0.2) is 25.2 Å². The van der Waals surface area contributed by atoms with Crippen LogP contribution in [-0.2, 0) is 9.53 Å². The van der Waals surface area contributed by atoms with Crippen LogP contribution in [0.1, 0.15) is 19.3 Å². The molecule has 1 aliphatic carbocycles. The molecule has 1 heterocycles. The van der Waals surface area contributed by atoms with Crippen LogP contribution in [0.4, 0.5) is 16.2 Å². The molecule has 1 saturated heterocycles. The van der Waals surface area contributed by atoms with Gasteiger partial charge < -0.3 is 10.1 Å². The number of ether oxygens (including phenoxy) is 1. The molecular formula is C14H16N2O3. The highest BCUT2D eigenvalue weighted by atomic mass is 16.6. The van der Waals surface area contributed by atoms with Crippen LogP contribution in [0.5, 0.6) is 0 Å². The van der Waals surface area contributed by atoms with Crippen LogP contribution < -0.4 is 10.2 Å². The number of hydrogen-bond donors (Lipinski definition) is 1. The summed E-state index contributed by atoms with van der Waals surface area (Å²) < 4.78 is 4.91. The second kappa shape index (κ2) is 4.91. The van der Waals surface area contributed by atoms with Crippen LogP contribution in [0, 0.1) is 5.92 Å². The van der Waals surface area contributed by atoms with Crippen LogP contribution in [0.3, 0.4) is 0 Å². The van der Waals surface area contributed by atoms with E-state index in [9.17, 15) is 9.59 Å². The first kappa shape index (κ1) is 12.0. The minimum atomic E-state index is -0.331. The second-order valence-corrected chi connectivity index (χ2v) is 4.93. The molecule has 0 unspecified atom stereocenters. The molecule has 2 aliphatic rings. The lowest BCUT2D eigenvalue weighted by atomic mass is 9.85. The van der Waals surface area contributed by atoms with E-state index < -0.39 is 0 Å². The Balaban J connectivity index is 1.72. The van der Waals surface area contributed by atoms with Crippen molar-refractivity contribution in [1.82, 2.24) is 0 Å². The number of nitrogens with zero attached hydrogens (tertiary/aromatic N) is 1. The molecule has 5 heteroatoms. The lowest BCUT2D eigenvalue weighted by Crippen LogP contribution is -2.28. The molecule has 1 aromatic carbocycles. The predicted molar refractivity (Wildman–Crippen MR) is 71.1 cm³/mol. The Kier molecular flexibility index (Phi) is 3.11. The van der Waals surface area contributed by atoms with Gasteiger partial charge in [-0.1, -0.05) is 12.5 Å². The van der Waals surface area contributed by atoms with Crippen molar-refractivity contribution >= 4 is 23.4 Å². The highest BCUT2D eigenvalue weighted by molar-refractivity contribution is 5.95. The quantitative estimate of drug-likeness (QED) is 0.907. The van der Waals surface area contributed by atoms with Crippen LogP contribution in [0.25, 0.3) is 0 Å². The first-order valence-corrected chi connectivity index (χ1v) is 6.59. The van der Waals surface area contributed by atoms with E-state index in [1.54, 1.807) is 4.90 Å². The molecule has 0 atom stereocenters. The second-order valence-electron chi connectivity index (χ2n) is 4.93. The van der Waals surface area contributed by atoms with Crippen molar-refractivity contribution < 1.29 is 14.3 Å². The van der Waals surface area contributed by atoms with Gasteiger partial charge in [-0.25, -0.2) is 4.79 Å². The Morgan fingerprint density at radius 3 is 2.84 bits per heavy atom. The molecule has 0 radical (unpaired) electrons. The number of rotatable bonds is 3. The van der Waals surface area contributed by atoms with Crippen molar-refractivity contribution in [3.63, 3.8) is 0 Å². The summed E-state index contributed by atoms with van der Waals surface area (Å²) in [6.45, 7) is 0.969. The molecule has 0 aromatic heterocycles. The zero-order chi connectivity index (χ0) is 13.2. The summed E-state index contributed by atoms with van der Waals surface area (Å²) in [4.78, 5) is 24.9. The summed E-state index contributed by atoms with van der Waals surface area (Å²) in [5.41, 5.74) is 1.49. The Morgan fingerprint density at radius 1 is 1.37 bits per heavy atom. The zero-order valence-corrected chi connectivity index (χ0v) is 10.6. The molecular weight excluding hydrogens is 244 g/mol. The van der Waals surface area contributed by atoms with Crippen LogP contribution in [0.15, 0.2) is 24.3 Å². The number of nitrogens with one attached hydrogen (secondary N) is 1. The van der Waals surface area contributed by atoms with Gasteiger partial charge in [0.2, 0.25) is 5.91 Å². The van der Waals surface area contributed by atoms with Gasteiger partial charge in [-0.05, 0) is 31.0 Å². The molecule has 1 aliphatic heterocycles. The summed E-state index contributed by atoms with van der Waals surface area (Å²) in [6, 6.07) is 7.31. The van der Waals surface area contributed by atoms with Crippen molar-refractivity contribution in [1.29, 1.82) is 0 Å². The van der Waals surface area contributed by atoms with E-state index in [0.717, 1.165) is 30.6 Å². The third-order valence-electron chi connectivity index (χ3n) is 3.66. The van der Waals surface area contributed by atoms with Gasteiger partial charge in [-0.3, -0.25) is 9.69 Å². The zero-order valence-electron chi connectivity index (χ0n) is 10.6. The van der Waals surface area contributed by atoms with Gasteiger partial charge in [0.15, 0.2) is 0 Å². The van der Waals surface area contributed by atoms with E-state index in [4.69, 9.17) is 4.74 Å². The van der Waals surface area contributed by atoms with E-state index in [0.29, 0.717) is 13.2 Å². The average Bonchev–Trinajstić information content (AvgIpc) is 2.73. The van der Waals surface area contributed by atoms with Crippen molar-refractivity contribution in [2.45, 2.75) is 19.3 Å². The number of amides is 2. The third kappa shape index (κ3) is 2.41. The lowest BCUT2D eigenvalue weighted by molar-refractivity contribution is -0.122. The molecule has 2 fully saturated rings. The van der Waals surface area contributed by atoms with Gasteiger partial charge in [0.1, 0.15) is 6.61 Å². The maximum absolute atomic E-state index is 11.9. The van der Waals surface area contributed by atoms with E-state index in [2.05, 4.69) is 5.32 Å². The molecule has 5 nitrogen and oxygen atoms in total. The molecule has 0 spiro atoms. The van der Waals surface area contributed by atoms with Crippen molar-refractivity contribution in [2.75, 3.05) is 23.4 Å². The molecule has 2 amide bonds. The van der Waals surface area contributed by atoms with Crippen molar-refractivity contribution in [2.24, 2.45) is 5.92 Å². The predicted octanol–water partition coefficient (Wildman–Crippen LogP) is 2.38. The Hall–Kier alpha value is -2.04. The van der Waals surface area contributed by atoms with Gasteiger partial charge in [0.25, 0.3) is 0 Å². The summed E-state index contributed by atoms with van der Waals surface area (Å²) in [5.74, 6) is 0.229. The molecule has 3 rings (SSSR count). The normalized spacial score (nSPS) is 18.9. The molecule has 100 valence electrons. The van der Waals surface area contributed by atoms with Gasteiger partial charge in [-0.15, -0.1) is 0 Å². The number of anilines is 2. The number of carbonyl (C=O) groups is 2. The van der Waals surface area contributed by atoms with Crippen LogP contribution >= 0.6 is 0 Å². The SMILES string of the molecule is O=C(Nc1cccc(N2CCOC2=O)c1)C1CCC1. The number of cyclic esters (lactones) is 1. The highest BCUT2D eigenvalue weighted by Gasteiger charge is 2.26. The summed E-state index contributed by atoms with van der Waals surface area (Å²) in [7, 11) is 0. The molecule has 1 aromatic rings. The van der Waals surface area contributed by atoms with Gasteiger partial charge >= 0.3 is 6.09 Å². The monoisotopic (exact) mass is 260 g/mol. The standard InChI is InChI=1S/C14H16N2O3/c17-13(10-3-1-4-10)15-11-5-2-6-12(9-11)16-7-8-19-14(16)18/h2,5-6,9-10H,1,3-4,7-8H2,(H,15,17). The topological polar surface area (TPSA) is 58.6 Å². The molecule has 1 saturated carbocycles. The fourth-order valence-corrected chi connectivity index (χ4v) is 2.29. The van der Waals surface area contributed by atoms with E-state index in [1.807, 2.05) is 24.3 Å². The number of hydrogen-bond acceptors (Lipinski definition) is 3. The van der Waals surface area contributed by atoms with Gasteiger partial charge in [-0.2, -0.15) is 0 Å². The van der Waals surface area contributed by atoms with E-state index >= 15 is 0 Å². The number of benzene rings is 1. The minimum Gasteiger partial charge on any atom is -0.447 e. The fourth-order valence-electron chi connectivity index (χ4n) is 2.29. The maximum Gasteiger partial charge on any atom is 0.414 e. The average molecular weight is 260 g/mol. The van der Waals surface area contributed by atoms with Gasteiger partial charge in [0, 0.05) is 17.3 Å². The highest BCUT2D eigenvalue weighted by Crippen LogP contribution is 2.28. The Labute approximate surface area is 111 Å². The van der Waals surface area contributed by atoms with Crippen molar-refractivity contribution in [3.8, 4) is 0 Å². The first-order chi connectivity index (χ1) is 9.24. The Bertz CT molecular complexity index is 511. The molecule has 19 heavy (non-hydrogen) atoms. The Morgan fingerprint density at radius 2 is 2.21 bits per heavy atom. The van der Waals surface area contributed by atoms with Gasteiger partial charge in [0.05, 0.1) is 6.54 Å². The smallest absolute Gasteiger partial charge is 0.414 e. The minimum absolute atomic E-state index is 0.0763. The summed E-state index contributed by atoms with van der Waals surface area (Å²) >= 11 is 0. The van der Waals surface area contributed by atoms with Crippen molar-refractivity contribution in [3.05, 3.63) is 24.3 Å². The lowest BCUT2D eigenvalue weighted by Gasteiger charge is -2.24. The summed E-state index contributed by atoms with van der Waals surface area (Å²) in [6.07, 6.45) is 2.76. The number of carbonyl (C=O) groups excluding carboxylic acids is 2. The largest absolute Gasteiger partial charge is 0.447 e. The van der Waals surface area contributed by atoms with Crippen LogP contribution in [0.2, 0.25) is 0 Å². The maximum atomic E-state index is 11.9. The fraction of sp³-hybridized carbons (Fsp3) is 0.429.